The van der Waals surface area contributed by atoms with Crippen LogP contribution in [0.2, 0.25) is 0 Å². The molecule has 0 aromatic rings. The third-order valence-electron chi connectivity index (χ3n) is 0.963. The summed E-state index contributed by atoms with van der Waals surface area (Å²) in [4.78, 5) is 20.5. The van der Waals surface area contributed by atoms with Gasteiger partial charge in [0, 0.05) is 5.12 Å². The second-order valence-corrected chi connectivity index (χ2v) is 2.05. The summed E-state index contributed by atoms with van der Waals surface area (Å²) in [5.74, 6) is -0.755. The summed E-state index contributed by atoms with van der Waals surface area (Å²) in [5, 5.41) is -0.475. The van der Waals surface area contributed by atoms with Gasteiger partial charge in [0.15, 0.2) is 0 Å². The van der Waals surface area contributed by atoms with E-state index >= 15 is 0 Å². The minimum atomic E-state index is -0.593. The zero-order valence-corrected chi connectivity index (χ0v) is 5.62. The predicted molar refractivity (Wildman–Crippen MR) is 32.2 cm³/mol. The molecule has 3 heteroatoms. The third-order valence-corrected chi connectivity index (χ3v) is 1.32. The van der Waals surface area contributed by atoms with Crippen LogP contribution in [0, 0.1) is 5.92 Å². The molecule has 0 aliphatic rings. The molecule has 0 aromatic heterocycles. The van der Waals surface area contributed by atoms with Gasteiger partial charge in [-0.25, -0.2) is 0 Å². The molecule has 46 valence electrons. The topological polar surface area (TPSA) is 34.1 Å². The van der Waals surface area contributed by atoms with E-state index in [-0.39, 0.29) is 5.78 Å². The summed E-state index contributed by atoms with van der Waals surface area (Å²) in [5.41, 5.74) is 0. The van der Waals surface area contributed by atoms with E-state index in [9.17, 15) is 9.59 Å². The van der Waals surface area contributed by atoms with Crippen molar-refractivity contribution in [1.82, 2.24) is 0 Å². The van der Waals surface area contributed by atoms with Crippen molar-refractivity contribution in [3.63, 3.8) is 0 Å². The maximum Gasteiger partial charge on any atom is 0.138 e. The summed E-state index contributed by atoms with van der Waals surface area (Å²) < 4.78 is 0. The van der Waals surface area contributed by atoms with Crippen molar-refractivity contribution in [2.24, 2.45) is 5.92 Å². The average Bonchev–Trinajstić information content (AvgIpc) is 1.64. The lowest BCUT2D eigenvalue weighted by atomic mass is 10.1. The Morgan fingerprint density at radius 1 is 1.50 bits per heavy atom. The number of carbonyl (C=O) groups excluding carboxylic acids is 2. The van der Waals surface area contributed by atoms with Crippen molar-refractivity contribution in [1.29, 1.82) is 0 Å². The highest BCUT2D eigenvalue weighted by Gasteiger charge is 2.05. The number of hydrogen-bond donors (Lipinski definition) is 0. The predicted octanol–water partition coefficient (Wildman–Crippen LogP) is 0.285. The van der Waals surface area contributed by atoms with Gasteiger partial charge in [0.1, 0.15) is 5.78 Å². The van der Waals surface area contributed by atoms with Gasteiger partial charge in [-0.1, -0.05) is 6.92 Å². The lowest BCUT2D eigenvalue weighted by Gasteiger charge is -2.07. The molecule has 0 amide bonds. The Hall–Kier alpha value is -0.440. The highest BCUT2D eigenvalue weighted by Crippen LogP contribution is 1.94. The van der Waals surface area contributed by atoms with Gasteiger partial charge in [0.25, 0.3) is 0 Å². The van der Waals surface area contributed by atoms with Crippen LogP contribution in [-0.4, -0.2) is 10.9 Å². The van der Waals surface area contributed by atoms with Gasteiger partial charge in [-0.2, -0.15) is 0 Å². The first-order valence-corrected chi connectivity index (χ1v) is 2.68. The van der Waals surface area contributed by atoms with E-state index in [4.69, 9.17) is 0 Å². The van der Waals surface area contributed by atoms with Gasteiger partial charge in [-0.3, -0.25) is 4.79 Å². The summed E-state index contributed by atoms with van der Waals surface area (Å²) in [6.07, 6.45) is 0. The highest BCUT2D eigenvalue weighted by atomic mass is 32.1. The first-order valence-electron chi connectivity index (χ1n) is 2.27. The molecular formula is C5H7O2S-. The van der Waals surface area contributed by atoms with Gasteiger partial charge >= 0.3 is 0 Å². The van der Waals surface area contributed by atoms with E-state index in [0.29, 0.717) is 0 Å². The molecule has 0 aliphatic heterocycles. The van der Waals surface area contributed by atoms with Gasteiger partial charge in [-0.15, -0.1) is 0 Å². The molecular weight excluding hydrogens is 124 g/mol. The first kappa shape index (κ1) is 7.56. The lowest BCUT2D eigenvalue weighted by molar-refractivity contribution is -0.126. The SMILES string of the molecule is CC(=O)C(C)C(=O)[S-]. The third kappa shape index (κ3) is 2.02. The maximum absolute atomic E-state index is 10.3. The summed E-state index contributed by atoms with van der Waals surface area (Å²) in [7, 11) is 0. The van der Waals surface area contributed by atoms with Crippen LogP contribution in [-0.2, 0) is 22.2 Å². The summed E-state index contributed by atoms with van der Waals surface area (Å²) >= 11 is 4.22. The summed E-state index contributed by atoms with van der Waals surface area (Å²) in [6, 6.07) is 0. The summed E-state index contributed by atoms with van der Waals surface area (Å²) in [6.45, 7) is 2.87. The van der Waals surface area contributed by atoms with Crippen LogP contribution in [0.5, 0.6) is 0 Å². The largest absolute Gasteiger partial charge is 0.741 e. The second-order valence-electron chi connectivity index (χ2n) is 1.65. The molecule has 0 N–H and O–H groups in total. The van der Waals surface area contributed by atoms with Crippen molar-refractivity contribution in [2.45, 2.75) is 13.8 Å². The molecule has 0 spiro atoms. The number of ketones is 1. The smallest absolute Gasteiger partial charge is 0.138 e. The zero-order valence-electron chi connectivity index (χ0n) is 4.80. The Bertz CT molecular complexity index is 106. The monoisotopic (exact) mass is 131 g/mol. The molecule has 0 aromatic carbocycles. The van der Waals surface area contributed by atoms with Gasteiger partial charge in [0.2, 0.25) is 0 Å². The van der Waals surface area contributed by atoms with E-state index in [1.807, 2.05) is 0 Å². The fraction of sp³-hybridized carbons (Fsp3) is 0.600. The molecule has 1 atom stereocenters. The van der Waals surface area contributed by atoms with Crippen LogP contribution in [0.1, 0.15) is 13.8 Å². The van der Waals surface area contributed by atoms with Crippen molar-refractivity contribution in [3.8, 4) is 0 Å². The Morgan fingerprint density at radius 2 is 1.88 bits per heavy atom. The Morgan fingerprint density at radius 3 is 1.88 bits per heavy atom. The molecule has 0 rings (SSSR count). The van der Waals surface area contributed by atoms with Crippen molar-refractivity contribution in [2.75, 3.05) is 0 Å². The minimum absolute atomic E-state index is 0.162. The highest BCUT2D eigenvalue weighted by molar-refractivity contribution is 7.77. The van der Waals surface area contributed by atoms with E-state index in [1.165, 1.54) is 13.8 Å². The molecule has 0 aliphatic carbocycles. The molecule has 0 saturated heterocycles. The molecule has 0 bridgehead atoms. The fourth-order valence-corrected chi connectivity index (χ4v) is 0.332. The molecule has 8 heavy (non-hydrogen) atoms. The number of rotatable bonds is 2. The Balaban J connectivity index is 3.83. The molecule has 0 fully saturated rings. The zero-order chi connectivity index (χ0) is 6.73. The first-order chi connectivity index (χ1) is 3.55. The number of carbonyl (C=O) groups is 2. The van der Waals surface area contributed by atoms with Crippen molar-refractivity contribution >= 4 is 23.5 Å². The molecule has 0 radical (unpaired) electrons. The minimum Gasteiger partial charge on any atom is -0.741 e. The van der Waals surface area contributed by atoms with Crippen molar-refractivity contribution < 1.29 is 9.59 Å². The van der Waals surface area contributed by atoms with Crippen LogP contribution in [0.4, 0.5) is 0 Å². The van der Waals surface area contributed by atoms with Crippen LogP contribution in [0.25, 0.3) is 0 Å². The van der Waals surface area contributed by atoms with E-state index < -0.39 is 11.0 Å². The van der Waals surface area contributed by atoms with Crippen LogP contribution in [0.3, 0.4) is 0 Å². The standard InChI is InChI=1S/C5H8O2S/c1-3(4(2)6)5(7)8/h3H,1-2H3,(H,7,8)/p-1. The van der Waals surface area contributed by atoms with Crippen molar-refractivity contribution in [3.05, 3.63) is 0 Å². The van der Waals surface area contributed by atoms with Crippen LogP contribution < -0.4 is 0 Å². The number of hydrogen-bond acceptors (Lipinski definition) is 3. The maximum atomic E-state index is 10.3. The Kier molecular flexibility index (Phi) is 2.62. The van der Waals surface area contributed by atoms with Gasteiger partial charge < -0.3 is 17.4 Å². The molecule has 0 heterocycles. The normalized spacial score (nSPS) is 12.8. The second kappa shape index (κ2) is 2.77. The number of Topliss-reactive ketones (excluding diaryl/α,β-unsaturated/α-hetero) is 1. The van der Waals surface area contributed by atoms with Gasteiger partial charge in [0.05, 0.1) is 5.92 Å². The molecule has 2 nitrogen and oxygen atoms in total. The quantitative estimate of drug-likeness (QED) is 0.399. The lowest BCUT2D eigenvalue weighted by Crippen LogP contribution is -2.15. The van der Waals surface area contributed by atoms with Crippen LogP contribution >= 0.6 is 0 Å². The molecule has 1 unspecified atom stereocenters. The van der Waals surface area contributed by atoms with Crippen LogP contribution in [0.15, 0.2) is 0 Å². The molecule has 0 saturated carbocycles. The van der Waals surface area contributed by atoms with Gasteiger partial charge in [-0.05, 0) is 6.92 Å². The fourth-order valence-electron chi connectivity index (χ4n) is 0.166. The van der Waals surface area contributed by atoms with E-state index in [0.717, 1.165) is 0 Å². The van der Waals surface area contributed by atoms with E-state index in [2.05, 4.69) is 12.6 Å². The van der Waals surface area contributed by atoms with E-state index in [1.54, 1.807) is 0 Å². The Labute approximate surface area is 53.7 Å². The average molecular weight is 131 g/mol.